The van der Waals surface area contributed by atoms with Gasteiger partial charge in [0.25, 0.3) is 0 Å². The van der Waals surface area contributed by atoms with E-state index in [0.717, 1.165) is 10.0 Å². The quantitative estimate of drug-likeness (QED) is 0.882. The molecule has 110 valence electrons. The zero-order valence-corrected chi connectivity index (χ0v) is 12.9. The van der Waals surface area contributed by atoms with E-state index in [-0.39, 0.29) is 11.9 Å². The first-order valence-corrected chi connectivity index (χ1v) is 7.35. The van der Waals surface area contributed by atoms with Gasteiger partial charge in [-0.3, -0.25) is 0 Å². The highest BCUT2D eigenvalue weighted by Gasteiger charge is 2.29. The molecule has 0 aliphatic carbocycles. The summed E-state index contributed by atoms with van der Waals surface area (Å²) in [6.07, 6.45) is -0.638. The van der Waals surface area contributed by atoms with Gasteiger partial charge in [-0.05, 0) is 30.3 Å². The second-order valence-corrected chi connectivity index (χ2v) is 5.78. The standard InChI is InChI=1S/C16H14BrFO3/c1-20-10-3-5-13(17)12(7-10)16-8-14(19)11-4-2-9(18)6-15(11)21-16/h2-7,14,16,19H,8H2,1H3. The molecule has 1 aliphatic heterocycles. The third-order valence-corrected chi connectivity index (χ3v) is 4.31. The zero-order valence-electron chi connectivity index (χ0n) is 11.3. The topological polar surface area (TPSA) is 38.7 Å². The number of hydrogen-bond acceptors (Lipinski definition) is 3. The maximum absolute atomic E-state index is 13.4. The van der Waals surface area contributed by atoms with E-state index < -0.39 is 6.10 Å². The van der Waals surface area contributed by atoms with Gasteiger partial charge in [-0.1, -0.05) is 15.9 Å². The Bertz CT molecular complexity index is 675. The van der Waals surface area contributed by atoms with Crippen molar-refractivity contribution in [3.63, 3.8) is 0 Å². The molecule has 21 heavy (non-hydrogen) atoms. The van der Waals surface area contributed by atoms with Crippen LogP contribution >= 0.6 is 15.9 Å². The molecule has 1 N–H and O–H groups in total. The predicted molar refractivity (Wildman–Crippen MR) is 80.0 cm³/mol. The lowest BCUT2D eigenvalue weighted by molar-refractivity contribution is 0.0649. The Labute approximate surface area is 130 Å². The van der Waals surface area contributed by atoms with E-state index in [9.17, 15) is 9.50 Å². The minimum Gasteiger partial charge on any atom is -0.497 e. The molecule has 2 aromatic carbocycles. The summed E-state index contributed by atoms with van der Waals surface area (Å²) in [5.74, 6) is 0.705. The maximum Gasteiger partial charge on any atom is 0.128 e. The van der Waals surface area contributed by atoms with E-state index in [1.807, 2.05) is 18.2 Å². The predicted octanol–water partition coefficient (Wildman–Crippen LogP) is 4.15. The van der Waals surface area contributed by atoms with Gasteiger partial charge in [0.2, 0.25) is 0 Å². The van der Waals surface area contributed by atoms with Gasteiger partial charge in [-0.15, -0.1) is 0 Å². The fourth-order valence-electron chi connectivity index (χ4n) is 2.50. The van der Waals surface area contributed by atoms with Crippen LogP contribution in [0.25, 0.3) is 0 Å². The van der Waals surface area contributed by atoms with Crippen LogP contribution in [-0.4, -0.2) is 12.2 Å². The van der Waals surface area contributed by atoms with E-state index in [2.05, 4.69) is 15.9 Å². The Hall–Kier alpha value is -1.59. The van der Waals surface area contributed by atoms with Gasteiger partial charge in [0.15, 0.2) is 0 Å². The van der Waals surface area contributed by atoms with Crippen LogP contribution in [0, 0.1) is 5.82 Å². The molecule has 5 heteroatoms. The number of aliphatic hydroxyl groups excluding tert-OH is 1. The molecule has 0 amide bonds. The summed E-state index contributed by atoms with van der Waals surface area (Å²) in [5, 5.41) is 10.3. The SMILES string of the molecule is COc1ccc(Br)c(C2CC(O)c3ccc(F)cc3O2)c1. The Kier molecular flexibility index (Phi) is 3.87. The first kappa shape index (κ1) is 14.4. The highest BCUT2D eigenvalue weighted by Crippen LogP contribution is 2.43. The number of hydrogen-bond donors (Lipinski definition) is 1. The monoisotopic (exact) mass is 352 g/mol. The minimum absolute atomic E-state index is 0.362. The lowest BCUT2D eigenvalue weighted by Crippen LogP contribution is -2.19. The Morgan fingerprint density at radius 1 is 1.24 bits per heavy atom. The van der Waals surface area contributed by atoms with Crippen LogP contribution in [0.3, 0.4) is 0 Å². The molecule has 2 atom stereocenters. The number of aliphatic hydroxyl groups is 1. The summed E-state index contributed by atoms with van der Waals surface area (Å²) in [5.41, 5.74) is 1.48. The van der Waals surface area contributed by atoms with E-state index in [4.69, 9.17) is 9.47 Å². The largest absolute Gasteiger partial charge is 0.497 e. The van der Waals surface area contributed by atoms with Gasteiger partial charge in [0, 0.05) is 28.1 Å². The Balaban J connectivity index is 1.99. The first-order valence-electron chi connectivity index (χ1n) is 6.56. The van der Waals surface area contributed by atoms with E-state index in [1.54, 1.807) is 13.2 Å². The van der Waals surface area contributed by atoms with Gasteiger partial charge in [-0.2, -0.15) is 0 Å². The minimum atomic E-state index is -0.683. The summed E-state index contributed by atoms with van der Waals surface area (Å²) in [4.78, 5) is 0. The number of benzene rings is 2. The number of fused-ring (bicyclic) bond motifs is 1. The van der Waals surface area contributed by atoms with E-state index in [1.165, 1.54) is 12.1 Å². The summed E-state index contributed by atoms with van der Waals surface area (Å²) in [6, 6.07) is 9.75. The van der Waals surface area contributed by atoms with Gasteiger partial charge in [0.1, 0.15) is 23.4 Å². The van der Waals surface area contributed by atoms with Gasteiger partial charge < -0.3 is 14.6 Å². The molecule has 2 aromatic rings. The molecule has 1 aliphatic rings. The second kappa shape index (κ2) is 5.66. The fourth-order valence-corrected chi connectivity index (χ4v) is 3.00. The zero-order chi connectivity index (χ0) is 15.0. The highest BCUT2D eigenvalue weighted by molar-refractivity contribution is 9.10. The third kappa shape index (κ3) is 2.76. The van der Waals surface area contributed by atoms with Gasteiger partial charge >= 0.3 is 0 Å². The molecular formula is C16H14BrFO3. The molecule has 0 saturated heterocycles. The van der Waals surface area contributed by atoms with Crippen LogP contribution in [0.4, 0.5) is 4.39 Å². The van der Waals surface area contributed by atoms with Crippen LogP contribution in [0.1, 0.15) is 29.8 Å². The van der Waals surface area contributed by atoms with Crippen molar-refractivity contribution in [2.75, 3.05) is 7.11 Å². The molecule has 0 bridgehead atoms. The van der Waals surface area contributed by atoms with Crippen molar-refractivity contribution in [3.05, 3.63) is 57.8 Å². The average Bonchev–Trinajstić information content (AvgIpc) is 2.47. The summed E-state index contributed by atoms with van der Waals surface area (Å²) in [7, 11) is 1.59. The molecule has 2 unspecified atom stereocenters. The van der Waals surface area contributed by atoms with Crippen LogP contribution in [-0.2, 0) is 0 Å². The molecule has 3 nitrogen and oxygen atoms in total. The van der Waals surface area contributed by atoms with Gasteiger partial charge in [0.05, 0.1) is 13.2 Å². The van der Waals surface area contributed by atoms with Crippen LogP contribution in [0.2, 0.25) is 0 Å². The summed E-state index contributed by atoms with van der Waals surface area (Å²) in [6.45, 7) is 0. The average molecular weight is 353 g/mol. The normalized spacial score (nSPS) is 20.6. The van der Waals surface area contributed by atoms with Crippen molar-refractivity contribution >= 4 is 15.9 Å². The van der Waals surface area contributed by atoms with Crippen LogP contribution < -0.4 is 9.47 Å². The van der Waals surface area contributed by atoms with Crippen LogP contribution in [0.5, 0.6) is 11.5 Å². The molecule has 0 aromatic heterocycles. The molecular weight excluding hydrogens is 339 g/mol. The van der Waals surface area contributed by atoms with Crippen molar-refractivity contribution in [1.82, 2.24) is 0 Å². The number of methoxy groups -OCH3 is 1. The third-order valence-electron chi connectivity index (χ3n) is 3.59. The molecule has 1 heterocycles. The molecule has 0 radical (unpaired) electrons. The number of halogens is 2. The van der Waals surface area contributed by atoms with Gasteiger partial charge in [-0.25, -0.2) is 4.39 Å². The molecule has 0 fully saturated rings. The Morgan fingerprint density at radius 3 is 2.81 bits per heavy atom. The van der Waals surface area contributed by atoms with E-state index in [0.29, 0.717) is 23.5 Å². The molecule has 0 spiro atoms. The fraction of sp³-hybridized carbons (Fsp3) is 0.250. The number of ether oxygens (including phenoxy) is 2. The highest BCUT2D eigenvalue weighted by atomic mass is 79.9. The van der Waals surface area contributed by atoms with E-state index >= 15 is 0 Å². The lowest BCUT2D eigenvalue weighted by atomic mass is 9.95. The smallest absolute Gasteiger partial charge is 0.128 e. The first-order chi connectivity index (χ1) is 10.1. The lowest BCUT2D eigenvalue weighted by Gasteiger charge is -2.30. The van der Waals surface area contributed by atoms with Crippen molar-refractivity contribution in [1.29, 1.82) is 0 Å². The second-order valence-electron chi connectivity index (χ2n) is 4.93. The maximum atomic E-state index is 13.4. The van der Waals surface area contributed by atoms with Crippen molar-refractivity contribution in [2.45, 2.75) is 18.6 Å². The summed E-state index contributed by atoms with van der Waals surface area (Å²) < 4.78 is 25.3. The molecule has 0 saturated carbocycles. The number of rotatable bonds is 2. The van der Waals surface area contributed by atoms with Crippen molar-refractivity contribution < 1.29 is 19.0 Å². The van der Waals surface area contributed by atoms with Crippen molar-refractivity contribution in [2.24, 2.45) is 0 Å². The van der Waals surface area contributed by atoms with Crippen LogP contribution in [0.15, 0.2) is 40.9 Å². The Morgan fingerprint density at radius 2 is 2.05 bits per heavy atom. The molecule has 3 rings (SSSR count). The summed E-state index contributed by atoms with van der Waals surface area (Å²) >= 11 is 3.48. The van der Waals surface area contributed by atoms with Crippen molar-refractivity contribution in [3.8, 4) is 11.5 Å².